The van der Waals surface area contributed by atoms with Gasteiger partial charge < -0.3 is 15.0 Å². The average Bonchev–Trinajstić information content (AvgIpc) is 3.62. The molecular weight excluding hydrogens is 474 g/mol. The Morgan fingerprint density at radius 1 is 1.00 bits per heavy atom. The summed E-state index contributed by atoms with van der Waals surface area (Å²) >= 11 is 7.55. The predicted molar refractivity (Wildman–Crippen MR) is 143 cm³/mol. The standard InChI is InChI=1S/C27H23N5OS2/c1-33-19-13-11-18(12-14-19)17-32-25(24(30-26(32)34)21-8-4-5-15-28-21)22-9-6-16-31(22)27-29-20-7-2-3-10-23(20)35-27/h2-16,24-25H,17H2,1H3,(H,30,34)/t24-,25-/m0/s1. The number of thiocarbonyl (C=S) groups is 1. The molecule has 0 unspecified atom stereocenters. The van der Waals surface area contributed by atoms with E-state index < -0.39 is 0 Å². The number of hydrogen-bond donors (Lipinski definition) is 1. The van der Waals surface area contributed by atoms with Crippen LogP contribution in [0.25, 0.3) is 15.3 Å². The zero-order valence-electron chi connectivity index (χ0n) is 19.0. The van der Waals surface area contributed by atoms with Gasteiger partial charge in [-0.15, -0.1) is 0 Å². The van der Waals surface area contributed by atoms with Crippen LogP contribution in [0.5, 0.6) is 5.75 Å². The molecule has 0 saturated carbocycles. The van der Waals surface area contributed by atoms with Crippen molar-refractivity contribution in [2.75, 3.05) is 7.11 Å². The topological polar surface area (TPSA) is 55.2 Å². The van der Waals surface area contributed by atoms with E-state index in [4.69, 9.17) is 21.9 Å². The van der Waals surface area contributed by atoms with Crippen molar-refractivity contribution >= 4 is 38.9 Å². The SMILES string of the molecule is COc1ccc(CN2C(=S)N[C@@H](c3ccccn3)[C@@H]2c2cccn2-c2nc3ccccc3s2)cc1. The highest BCUT2D eigenvalue weighted by Gasteiger charge is 2.41. The van der Waals surface area contributed by atoms with Crippen LogP contribution in [0, 0.1) is 0 Å². The number of nitrogens with zero attached hydrogens (tertiary/aromatic N) is 4. The molecule has 0 aliphatic carbocycles. The number of ether oxygens (including phenoxy) is 1. The molecule has 3 aromatic heterocycles. The Bertz CT molecular complexity index is 1450. The maximum Gasteiger partial charge on any atom is 0.194 e. The maximum atomic E-state index is 5.87. The molecule has 5 aromatic rings. The minimum Gasteiger partial charge on any atom is -0.497 e. The first kappa shape index (κ1) is 21.8. The molecule has 0 amide bonds. The fraction of sp³-hybridized carbons (Fsp3) is 0.148. The van der Waals surface area contributed by atoms with Crippen molar-refractivity contribution in [1.82, 2.24) is 24.8 Å². The Labute approximate surface area is 212 Å². The number of rotatable bonds is 6. The van der Waals surface area contributed by atoms with E-state index in [2.05, 4.69) is 68.4 Å². The van der Waals surface area contributed by atoms with Gasteiger partial charge in [0.1, 0.15) is 5.75 Å². The highest BCUT2D eigenvalue weighted by molar-refractivity contribution is 7.80. The van der Waals surface area contributed by atoms with E-state index in [9.17, 15) is 0 Å². The first-order chi connectivity index (χ1) is 17.2. The molecule has 1 aliphatic heterocycles. The molecule has 1 saturated heterocycles. The lowest BCUT2D eigenvalue weighted by Crippen LogP contribution is -2.30. The van der Waals surface area contributed by atoms with Gasteiger partial charge in [-0.1, -0.05) is 41.7 Å². The molecule has 174 valence electrons. The van der Waals surface area contributed by atoms with Gasteiger partial charge in [0.15, 0.2) is 10.2 Å². The number of aromatic nitrogens is 3. The van der Waals surface area contributed by atoms with E-state index in [1.165, 1.54) is 4.70 Å². The molecule has 8 heteroatoms. The summed E-state index contributed by atoms with van der Waals surface area (Å²) in [7, 11) is 1.68. The van der Waals surface area contributed by atoms with E-state index in [1.807, 2.05) is 42.6 Å². The van der Waals surface area contributed by atoms with Crippen LogP contribution < -0.4 is 10.1 Å². The highest BCUT2D eigenvalue weighted by atomic mass is 32.1. The van der Waals surface area contributed by atoms with Crippen molar-refractivity contribution in [3.63, 3.8) is 0 Å². The second kappa shape index (κ2) is 9.13. The van der Waals surface area contributed by atoms with Crippen LogP contribution >= 0.6 is 23.6 Å². The van der Waals surface area contributed by atoms with Crippen LogP contribution in [-0.4, -0.2) is 31.7 Å². The van der Waals surface area contributed by atoms with Crippen LogP contribution in [0.1, 0.15) is 29.0 Å². The molecular formula is C27H23N5OS2. The molecule has 2 atom stereocenters. The molecule has 4 heterocycles. The lowest BCUT2D eigenvalue weighted by molar-refractivity contribution is 0.302. The van der Waals surface area contributed by atoms with E-state index in [0.717, 1.165) is 33.3 Å². The van der Waals surface area contributed by atoms with Gasteiger partial charge in [-0.2, -0.15) is 0 Å². The Kier molecular flexibility index (Phi) is 5.67. The van der Waals surface area contributed by atoms with Crippen molar-refractivity contribution in [2.45, 2.75) is 18.6 Å². The molecule has 1 fully saturated rings. The van der Waals surface area contributed by atoms with Crippen molar-refractivity contribution in [3.8, 4) is 10.9 Å². The number of hydrogen-bond acceptors (Lipinski definition) is 5. The summed E-state index contributed by atoms with van der Waals surface area (Å²) in [6.07, 6.45) is 3.91. The maximum absolute atomic E-state index is 5.87. The Hall–Kier alpha value is -3.75. The van der Waals surface area contributed by atoms with E-state index in [1.54, 1.807) is 18.4 Å². The molecule has 0 spiro atoms. The fourth-order valence-electron chi connectivity index (χ4n) is 4.60. The summed E-state index contributed by atoms with van der Waals surface area (Å²) in [6, 6.07) is 26.4. The Balaban J connectivity index is 1.43. The molecule has 0 radical (unpaired) electrons. The van der Waals surface area contributed by atoms with Crippen LogP contribution in [-0.2, 0) is 6.54 Å². The van der Waals surface area contributed by atoms with Gasteiger partial charge in [0, 0.05) is 18.9 Å². The van der Waals surface area contributed by atoms with E-state index in [0.29, 0.717) is 11.7 Å². The normalized spacial score (nSPS) is 17.6. The zero-order valence-corrected chi connectivity index (χ0v) is 20.7. The summed E-state index contributed by atoms with van der Waals surface area (Å²) in [5.41, 5.74) is 4.22. The number of fused-ring (bicyclic) bond motifs is 1. The summed E-state index contributed by atoms with van der Waals surface area (Å²) < 4.78 is 8.68. The third-order valence-corrected chi connectivity index (χ3v) is 7.67. The number of nitrogens with one attached hydrogen (secondary N) is 1. The Morgan fingerprint density at radius 2 is 1.83 bits per heavy atom. The van der Waals surface area contributed by atoms with Crippen LogP contribution in [0.3, 0.4) is 0 Å². The van der Waals surface area contributed by atoms with Gasteiger partial charge in [-0.05, 0) is 66.3 Å². The monoisotopic (exact) mass is 497 g/mol. The van der Waals surface area contributed by atoms with E-state index >= 15 is 0 Å². The minimum atomic E-state index is -0.0926. The first-order valence-electron chi connectivity index (χ1n) is 11.4. The second-order valence-electron chi connectivity index (χ2n) is 8.37. The number of thiazole rings is 1. The zero-order chi connectivity index (χ0) is 23.8. The molecule has 6 rings (SSSR count). The fourth-order valence-corrected chi connectivity index (χ4v) is 5.87. The molecule has 6 nitrogen and oxygen atoms in total. The van der Waals surface area contributed by atoms with E-state index in [-0.39, 0.29) is 12.1 Å². The van der Waals surface area contributed by atoms with Gasteiger partial charge in [-0.25, -0.2) is 4.98 Å². The quantitative estimate of drug-likeness (QED) is 0.306. The van der Waals surface area contributed by atoms with Gasteiger partial charge in [0.2, 0.25) is 0 Å². The lowest BCUT2D eigenvalue weighted by Gasteiger charge is -2.28. The summed E-state index contributed by atoms with van der Waals surface area (Å²) in [6.45, 7) is 0.662. The van der Waals surface area contributed by atoms with Crippen molar-refractivity contribution in [3.05, 3.63) is 108 Å². The lowest BCUT2D eigenvalue weighted by atomic mass is 10.0. The molecule has 35 heavy (non-hydrogen) atoms. The second-order valence-corrected chi connectivity index (χ2v) is 9.77. The first-order valence-corrected chi connectivity index (χ1v) is 12.6. The largest absolute Gasteiger partial charge is 0.497 e. The van der Waals surface area contributed by atoms with Gasteiger partial charge in [0.05, 0.1) is 40.8 Å². The molecule has 1 N–H and O–H groups in total. The third-order valence-electron chi connectivity index (χ3n) is 6.28. The van der Waals surface area contributed by atoms with Gasteiger partial charge in [-0.3, -0.25) is 9.55 Å². The van der Waals surface area contributed by atoms with Crippen molar-refractivity contribution in [1.29, 1.82) is 0 Å². The summed E-state index contributed by atoms with van der Waals surface area (Å²) in [5, 5.41) is 5.19. The summed E-state index contributed by atoms with van der Waals surface area (Å²) in [5.74, 6) is 0.837. The molecule has 2 aromatic carbocycles. The van der Waals surface area contributed by atoms with Crippen molar-refractivity contribution < 1.29 is 4.74 Å². The van der Waals surface area contributed by atoms with Crippen LogP contribution in [0.2, 0.25) is 0 Å². The Morgan fingerprint density at radius 3 is 2.60 bits per heavy atom. The molecule has 1 aliphatic rings. The third kappa shape index (κ3) is 4.05. The predicted octanol–water partition coefficient (Wildman–Crippen LogP) is 5.66. The number of pyridine rings is 1. The number of benzene rings is 2. The van der Waals surface area contributed by atoms with Gasteiger partial charge >= 0.3 is 0 Å². The smallest absolute Gasteiger partial charge is 0.194 e. The van der Waals surface area contributed by atoms with Crippen LogP contribution in [0.4, 0.5) is 0 Å². The molecule has 0 bridgehead atoms. The number of para-hydroxylation sites is 1. The van der Waals surface area contributed by atoms with Crippen LogP contribution in [0.15, 0.2) is 91.3 Å². The summed E-state index contributed by atoms with van der Waals surface area (Å²) in [4.78, 5) is 11.8. The van der Waals surface area contributed by atoms with Crippen molar-refractivity contribution in [2.24, 2.45) is 0 Å². The number of methoxy groups -OCH3 is 1. The van der Waals surface area contributed by atoms with Gasteiger partial charge in [0.25, 0.3) is 0 Å². The highest BCUT2D eigenvalue weighted by Crippen LogP contribution is 2.41. The minimum absolute atomic E-state index is 0.0680. The average molecular weight is 498 g/mol.